The summed E-state index contributed by atoms with van der Waals surface area (Å²) in [6, 6.07) is 0. The average Bonchev–Trinajstić information content (AvgIpc) is 2.82. The Morgan fingerprint density at radius 1 is 0.667 bits per heavy atom. The quantitative estimate of drug-likeness (QED) is 0.145. The number of rotatable bonds is 18. The third-order valence-corrected chi connectivity index (χ3v) is 9.34. The van der Waals surface area contributed by atoms with E-state index in [2.05, 4.69) is 67.5 Å². The van der Waals surface area contributed by atoms with Gasteiger partial charge in [0.05, 0.1) is 12.2 Å². The Labute approximate surface area is 209 Å². The first-order valence-electron chi connectivity index (χ1n) is 15.2. The maximum Gasteiger partial charge on any atom is 0.0787 e. The first-order chi connectivity index (χ1) is 15.8. The van der Waals surface area contributed by atoms with Crippen LogP contribution in [0.3, 0.4) is 0 Å². The molecule has 0 N–H and O–H groups in total. The summed E-state index contributed by atoms with van der Waals surface area (Å²) in [5, 5.41) is 0. The van der Waals surface area contributed by atoms with E-state index in [1.807, 2.05) is 0 Å². The van der Waals surface area contributed by atoms with Gasteiger partial charge in [-0.2, -0.15) is 0 Å². The zero-order valence-corrected chi connectivity index (χ0v) is 24.1. The summed E-state index contributed by atoms with van der Waals surface area (Å²) in [5.74, 6) is 4.19. The maximum atomic E-state index is 6.48. The zero-order chi connectivity index (χ0) is 24.6. The van der Waals surface area contributed by atoms with E-state index in [-0.39, 0.29) is 0 Å². The number of hydrogen-bond acceptors (Lipinski definition) is 1. The van der Waals surface area contributed by atoms with E-state index in [0.29, 0.717) is 30.0 Å². The van der Waals surface area contributed by atoms with E-state index in [1.54, 1.807) is 0 Å². The van der Waals surface area contributed by atoms with Gasteiger partial charge in [-0.15, -0.1) is 0 Å². The van der Waals surface area contributed by atoms with E-state index in [9.17, 15) is 0 Å². The fourth-order valence-corrected chi connectivity index (χ4v) is 5.80. The summed E-state index contributed by atoms with van der Waals surface area (Å²) in [4.78, 5) is 0. The van der Waals surface area contributed by atoms with Gasteiger partial charge < -0.3 is 4.74 Å². The lowest BCUT2D eigenvalue weighted by molar-refractivity contribution is -0.113. The molecule has 1 heteroatoms. The molecule has 1 saturated heterocycles. The molecule has 0 aromatic rings. The van der Waals surface area contributed by atoms with Crippen molar-refractivity contribution < 1.29 is 4.74 Å². The van der Waals surface area contributed by atoms with Gasteiger partial charge in [0, 0.05) is 0 Å². The highest BCUT2D eigenvalue weighted by Gasteiger charge is 2.37. The predicted octanol–water partition coefficient (Wildman–Crippen LogP) is 10.6. The van der Waals surface area contributed by atoms with Crippen molar-refractivity contribution >= 4 is 0 Å². The van der Waals surface area contributed by atoms with Crippen molar-refractivity contribution in [2.75, 3.05) is 0 Å². The van der Waals surface area contributed by atoms with Gasteiger partial charge in [-0.3, -0.25) is 0 Å². The van der Waals surface area contributed by atoms with Gasteiger partial charge in [0.15, 0.2) is 0 Å². The normalized spacial score (nSPS) is 28.8. The fraction of sp³-hybridized carbons (Fsp3) is 0.938. The Kier molecular flexibility index (Phi) is 16.8. The molecule has 1 aliphatic rings. The lowest BCUT2D eigenvalue weighted by Gasteiger charge is -2.43. The topological polar surface area (TPSA) is 9.23 Å². The van der Waals surface area contributed by atoms with Crippen LogP contribution in [0.2, 0.25) is 0 Å². The van der Waals surface area contributed by atoms with Crippen LogP contribution in [-0.2, 0) is 4.74 Å². The summed E-state index contributed by atoms with van der Waals surface area (Å²) >= 11 is 0. The molecule has 33 heavy (non-hydrogen) atoms. The van der Waals surface area contributed by atoms with Crippen molar-refractivity contribution in [2.45, 2.75) is 157 Å². The third kappa shape index (κ3) is 11.8. The van der Waals surface area contributed by atoms with E-state index >= 15 is 0 Å². The van der Waals surface area contributed by atoms with Crippen molar-refractivity contribution in [3.8, 4) is 0 Å². The Balaban J connectivity index is 2.19. The molecule has 1 fully saturated rings. The minimum absolute atomic E-state index is 0.294. The number of ether oxygens (including phenoxy) is 1. The highest BCUT2D eigenvalue weighted by atomic mass is 16.5. The van der Waals surface area contributed by atoms with Crippen molar-refractivity contribution in [1.82, 2.24) is 0 Å². The van der Waals surface area contributed by atoms with Crippen LogP contribution >= 0.6 is 0 Å². The van der Waals surface area contributed by atoms with Crippen LogP contribution in [0, 0.1) is 35.5 Å². The predicted molar refractivity (Wildman–Crippen MR) is 149 cm³/mol. The summed E-state index contributed by atoms with van der Waals surface area (Å²) in [7, 11) is 0. The second kappa shape index (κ2) is 18.0. The molecule has 1 rings (SSSR count). The van der Waals surface area contributed by atoms with Gasteiger partial charge in [0.2, 0.25) is 0 Å². The molecule has 0 bridgehead atoms. The molecule has 196 valence electrons. The molecule has 0 amide bonds. The lowest BCUT2D eigenvalue weighted by atomic mass is 9.75. The van der Waals surface area contributed by atoms with Crippen molar-refractivity contribution in [3.63, 3.8) is 0 Å². The Morgan fingerprint density at radius 2 is 1.18 bits per heavy atom. The molecule has 1 aliphatic heterocycles. The highest BCUT2D eigenvalue weighted by Crippen LogP contribution is 2.37. The zero-order valence-electron chi connectivity index (χ0n) is 24.1. The summed E-state index contributed by atoms with van der Waals surface area (Å²) < 4.78 is 6.48. The standard InChI is InChI=1S/C32H62O/c1-9-11-12-13-14-15-16-17-18-19-20-21-22-25(3)27(5)26(4)23-24-32-30(8)28(6)29(7)31(10-2)33-32/h23-32H,9-22H2,1-8H3/b24-23+/t25-,26+,27-,28+,29-,30?,31?,32+/m1/s1. The van der Waals surface area contributed by atoms with E-state index in [1.165, 1.54) is 83.5 Å². The highest BCUT2D eigenvalue weighted by molar-refractivity contribution is 5.00. The lowest BCUT2D eigenvalue weighted by Crippen LogP contribution is -2.43. The molecule has 0 spiro atoms. The molecule has 1 heterocycles. The first kappa shape index (κ1) is 30.7. The molecule has 0 aliphatic carbocycles. The van der Waals surface area contributed by atoms with Gasteiger partial charge in [-0.05, 0) is 41.9 Å². The molecule has 0 aromatic carbocycles. The molecule has 1 nitrogen and oxygen atoms in total. The summed E-state index contributed by atoms with van der Waals surface area (Å²) in [6.07, 6.45) is 25.4. The molecule has 8 atom stereocenters. The largest absolute Gasteiger partial charge is 0.370 e. The van der Waals surface area contributed by atoms with Crippen LogP contribution in [0.25, 0.3) is 0 Å². The minimum atomic E-state index is 0.294. The van der Waals surface area contributed by atoms with Gasteiger partial charge in [-0.1, -0.05) is 151 Å². The molecule has 2 unspecified atom stereocenters. The van der Waals surface area contributed by atoms with Gasteiger partial charge in [0.1, 0.15) is 0 Å². The van der Waals surface area contributed by atoms with Gasteiger partial charge in [-0.25, -0.2) is 0 Å². The molecule has 0 saturated carbocycles. The molecule has 0 aromatic heterocycles. The van der Waals surface area contributed by atoms with E-state index < -0.39 is 0 Å². The third-order valence-electron chi connectivity index (χ3n) is 9.34. The second-order valence-electron chi connectivity index (χ2n) is 11.9. The van der Waals surface area contributed by atoms with Crippen molar-refractivity contribution in [2.24, 2.45) is 35.5 Å². The number of allylic oxidation sites excluding steroid dienone is 1. The van der Waals surface area contributed by atoms with Crippen LogP contribution in [0.4, 0.5) is 0 Å². The van der Waals surface area contributed by atoms with Gasteiger partial charge in [0.25, 0.3) is 0 Å². The summed E-state index contributed by atoms with van der Waals surface area (Å²) in [5.41, 5.74) is 0. The second-order valence-corrected chi connectivity index (χ2v) is 11.9. The van der Waals surface area contributed by atoms with Crippen LogP contribution in [0.1, 0.15) is 145 Å². The molecular weight excluding hydrogens is 400 g/mol. The van der Waals surface area contributed by atoms with E-state index in [4.69, 9.17) is 4.74 Å². The fourth-order valence-electron chi connectivity index (χ4n) is 5.80. The SMILES string of the molecule is CCCCCCCCCCCCCC[C@@H](C)[C@@H](C)[C@@H](C)/C=C/[C@@H]1OC(CC)[C@H](C)[C@H](C)C1C. The number of unbranched alkanes of at least 4 members (excludes halogenated alkanes) is 11. The van der Waals surface area contributed by atoms with Crippen molar-refractivity contribution in [3.05, 3.63) is 12.2 Å². The van der Waals surface area contributed by atoms with Gasteiger partial charge >= 0.3 is 0 Å². The summed E-state index contributed by atoms with van der Waals surface area (Å²) in [6.45, 7) is 19.1. The van der Waals surface area contributed by atoms with E-state index in [0.717, 1.165) is 24.2 Å². The number of hydrogen-bond donors (Lipinski definition) is 0. The monoisotopic (exact) mass is 462 g/mol. The average molecular weight is 463 g/mol. The maximum absolute atomic E-state index is 6.48. The first-order valence-corrected chi connectivity index (χ1v) is 15.2. The van der Waals surface area contributed by atoms with Crippen molar-refractivity contribution in [1.29, 1.82) is 0 Å². The van der Waals surface area contributed by atoms with Crippen LogP contribution in [-0.4, -0.2) is 12.2 Å². The van der Waals surface area contributed by atoms with Crippen LogP contribution < -0.4 is 0 Å². The Bertz CT molecular complexity index is 481. The minimum Gasteiger partial charge on any atom is -0.370 e. The van der Waals surface area contributed by atoms with Crippen LogP contribution in [0.15, 0.2) is 12.2 Å². The molecule has 0 radical (unpaired) electrons. The smallest absolute Gasteiger partial charge is 0.0787 e. The van der Waals surface area contributed by atoms with Crippen LogP contribution in [0.5, 0.6) is 0 Å². The Hall–Kier alpha value is -0.300. The molecular formula is C32H62O. The Morgan fingerprint density at radius 3 is 1.70 bits per heavy atom.